The first-order valence-electron chi connectivity index (χ1n) is 7.67. The lowest BCUT2D eigenvalue weighted by molar-refractivity contribution is -0.123. The second-order valence-electron chi connectivity index (χ2n) is 5.34. The molecule has 0 aliphatic rings. The molecule has 2 N–H and O–H groups in total. The van der Waals surface area contributed by atoms with Crippen LogP contribution in [0.25, 0.3) is 0 Å². The van der Waals surface area contributed by atoms with Crippen molar-refractivity contribution in [3.05, 3.63) is 45.9 Å². The summed E-state index contributed by atoms with van der Waals surface area (Å²) in [6, 6.07) is 7.69. The quantitative estimate of drug-likeness (QED) is 0.765. The SMILES string of the molecule is CCC(C)c1ccccc1OCC(=O)NCc1nc(C(=O)O)cs1. The van der Waals surface area contributed by atoms with Gasteiger partial charge < -0.3 is 15.2 Å². The third-order valence-corrected chi connectivity index (χ3v) is 4.48. The van der Waals surface area contributed by atoms with Gasteiger partial charge in [0.2, 0.25) is 0 Å². The number of aromatic nitrogens is 1. The van der Waals surface area contributed by atoms with E-state index in [2.05, 4.69) is 24.1 Å². The Balaban J connectivity index is 1.86. The maximum Gasteiger partial charge on any atom is 0.355 e. The van der Waals surface area contributed by atoms with Crippen LogP contribution in [-0.4, -0.2) is 28.6 Å². The van der Waals surface area contributed by atoms with Gasteiger partial charge in [0.1, 0.15) is 10.8 Å². The average molecular weight is 348 g/mol. The van der Waals surface area contributed by atoms with Crippen LogP contribution in [0, 0.1) is 0 Å². The summed E-state index contributed by atoms with van der Waals surface area (Å²) in [6.07, 6.45) is 0.989. The summed E-state index contributed by atoms with van der Waals surface area (Å²) in [5.74, 6) is -0.284. The Kier molecular flexibility index (Phi) is 6.31. The van der Waals surface area contributed by atoms with E-state index in [4.69, 9.17) is 9.84 Å². The molecule has 0 saturated carbocycles. The zero-order chi connectivity index (χ0) is 17.5. The molecule has 1 heterocycles. The van der Waals surface area contributed by atoms with E-state index in [-0.39, 0.29) is 24.8 Å². The van der Waals surface area contributed by atoms with Crippen LogP contribution >= 0.6 is 11.3 Å². The minimum absolute atomic E-state index is 0.0111. The predicted molar refractivity (Wildman–Crippen MR) is 91.6 cm³/mol. The fourth-order valence-corrected chi connectivity index (χ4v) is 2.81. The molecule has 1 unspecified atom stereocenters. The van der Waals surface area contributed by atoms with Crippen molar-refractivity contribution < 1.29 is 19.4 Å². The first-order chi connectivity index (χ1) is 11.5. The molecule has 7 heteroatoms. The van der Waals surface area contributed by atoms with E-state index >= 15 is 0 Å². The summed E-state index contributed by atoms with van der Waals surface area (Å²) in [5.41, 5.74) is 1.07. The number of para-hydroxylation sites is 1. The van der Waals surface area contributed by atoms with Gasteiger partial charge in [-0.3, -0.25) is 4.79 Å². The Bertz CT molecular complexity index is 714. The standard InChI is InChI=1S/C17H20N2O4S/c1-3-11(2)12-6-4-5-7-14(12)23-9-15(20)18-8-16-19-13(10-24-16)17(21)22/h4-7,10-11H,3,8-9H2,1-2H3,(H,18,20)(H,21,22). The van der Waals surface area contributed by atoms with E-state index < -0.39 is 5.97 Å². The first-order valence-corrected chi connectivity index (χ1v) is 8.55. The number of nitrogens with zero attached hydrogens (tertiary/aromatic N) is 1. The smallest absolute Gasteiger partial charge is 0.355 e. The van der Waals surface area contributed by atoms with E-state index in [1.807, 2.05) is 24.3 Å². The van der Waals surface area contributed by atoms with Crippen LogP contribution < -0.4 is 10.1 Å². The lowest BCUT2D eigenvalue weighted by atomic mass is 9.98. The van der Waals surface area contributed by atoms with Gasteiger partial charge in [0.25, 0.3) is 5.91 Å². The van der Waals surface area contributed by atoms with E-state index in [0.717, 1.165) is 12.0 Å². The summed E-state index contributed by atoms with van der Waals surface area (Å²) >= 11 is 1.20. The molecule has 1 amide bonds. The molecule has 24 heavy (non-hydrogen) atoms. The Morgan fingerprint density at radius 2 is 2.12 bits per heavy atom. The molecule has 0 saturated heterocycles. The largest absolute Gasteiger partial charge is 0.483 e. The van der Waals surface area contributed by atoms with Crippen molar-refractivity contribution in [2.45, 2.75) is 32.7 Å². The van der Waals surface area contributed by atoms with E-state index in [9.17, 15) is 9.59 Å². The zero-order valence-corrected chi connectivity index (χ0v) is 14.4. The Morgan fingerprint density at radius 3 is 2.79 bits per heavy atom. The average Bonchev–Trinajstić information content (AvgIpc) is 3.07. The monoisotopic (exact) mass is 348 g/mol. The zero-order valence-electron chi connectivity index (χ0n) is 13.6. The summed E-state index contributed by atoms with van der Waals surface area (Å²) in [6.45, 7) is 4.32. The molecule has 0 radical (unpaired) electrons. The molecule has 0 bridgehead atoms. The number of benzene rings is 1. The molecule has 6 nitrogen and oxygen atoms in total. The first kappa shape index (κ1) is 17.9. The highest BCUT2D eigenvalue weighted by Crippen LogP contribution is 2.28. The number of hydrogen-bond acceptors (Lipinski definition) is 5. The second kappa shape index (κ2) is 8.44. The molecule has 1 atom stereocenters. The van der Waals surface area contributed by atoms with Gasteiger partial charge >= 0.3 is 5.97 Å². The third kappa shape index (κ3) is 4.79. The highest BCUT2D eigenvalue weighted by Gasteiger charge is 2.12. The molecule has 0 spiro atoms. The molecule has 128 valence electrons. The second-order valence-corrected chi connectivity index (χ2v) is 6.29. The Labute approximate surface area is 144 Å². The fraction of sp³-hybridized carbons (Fsp3) is 0.353. The molecule has 0 fully saturated rings. The summed E-state index contributed by atoms with van der Waals surface area (Å²) in [4.78, 5) is 26.6. The lowest BCUT2D eigenvalue weighted by Gasteiger charge is -2.15. The lowest BCUT2D eigenvalue weighted by Crippen LogP contribution is -2.28. The van der Waals surface area contributed by atoms with Gasteiger partial charge in [0.15, 0.2) is 12.3 Å². The minimum Gasteiger partial charge on any atom is -0.483 e. The number of rotatable bonds is 8. The van der Waals surface area contributed by atoms with Crippen LogP contribution in [0.15, 0.2) is 29.6 Å². The number of thiazole rings is 1. The van der Waals surface area contributed by atoms with Gasteiger partial charge in [-0.05, 0) is 24.0 Å². The van der Waals surface area contributed by atoms with Crippen LogP contribution in [-0.2, 0) is 11.3 Å². The fourth-order valence-electron chi connectivity index (χ4n) is 2.10. The van der Waals surface area contributed by atoms with Crippen LogP contribution in [0.5, 0.6) is 5.75 Å². The molecule has 0 aliphatic heterocycles. The van der Waals surface area contributed by atoms with Gasteiger partial charge in [-0.25, -0.2) is 9.78 Å². The maximum absolute atomic E-state index is 11.9. The van der Waals surface area contributed by atoms with Crippen LogP contribution in [0.3, 0.4) is 0 Å². The minimum atomic E-state index is -1.08. The van der Waals surface area contributed by atoms with Gasteiger partial charge in [0.05, 0.1) is 6.54 Å². The summed E-state index contributed by atoms with van der Waals surface area (Å²) in [7, 11) is 0. The number of carboxylic acids is 1. The van der Waals surface area contributed by atoms with E-state index in [1.165, 1.54) is 16.7 Å². The number of ether oxygens (including phenoxy) is 1. The molecule has 2 aromatic rings. The van der Waals surface area contributed by atoms with Gasteiger partial charge in [0, 0.05) is 5.38 Å². The molecule has 0 aliphatic carbocycles. The predicted octanol–water partition coefficient (Wildman–Crippen LogP) is 3.05. The molecular weight excluding hydrogens is 328 g/mol. The topological polar surface area (TPSA) is 88.5 Å². The van der Waals surface area contributed by atoms with Gasteiger partial charge in [-0.15, -0.1) is 11.3 Å². The number of carbonyl (C=O) groups is 2. The van der Waals surface area contributed by atoms with Crippen LogP contribution in [0.4, 0.5) is 0 Å². The van der Waals surface area contributed by atoms with Crippen LogP contribution in [0.2, 0.25) is 0 Å². The third-order valence-electron chi connectivity index (χ3n) is 3.63. The Morgan fingerprint density at radius 1 is 1.38 bits per heavy atom. The number of nitrogens with one attached hydrogen (secondary N) is 1. The number of hydrogen-bond donors (Lipinski definition) is 2. The van der Waals surface area contributed by atoms with Gasteiger partial charge in [-0.1, -0.05) is 32.0 Å². The van der Waals surface area contributed by atoms with Crippen LogP contribution in [0.1, 0.15) is 47.2 Å². The number of amides is 1. The molecule has 1 aromatic carbocycles. The summed E-state index contributed by atoms with van der Waals surface area (Å²) < 4.78 is 5.63. The van der Waals surface area contributed by atoms with Crippen molar-refractivity contribution in [3.63, 3.8) is 0 Å². The highest BCUT2D eigenvalue weighted by atomic mass is 32.1. The van der Waals surface area contributed by atoms with E-state index in [0.29, 0.717) is 16.7 Å². The number of carbonyl (C=O) groups excluding carboxylic acids is 1. The van der Waals surface area contributed by atoms with Crippen molar-refractivity contribution in [3.8, 4) is 5.75 Å². The van der Waals surface area contributed by atoms with Crippen molar-refractivity contribution in [2.75, 3.05) is 6.61 Å². The molecule has 1 aromatic heterocycles. The van der Waals surface area contributed by atoms with Gasteiger partial charge in [-0.2, -0.15) is 0 Å². The molecular formula is C17H20N2O4S. The number of carboxylic acid groups (broad SMARTS) is 1. The normalized spacial score (nSPS) is 11.8. The van der Waals surface area contributed by atoms with Crippen molar-refractivity contribution in [1.82, 2.24) is 10.3 Å². The Hall–Kier alpha value is -2.41. The molecule has 2 rings (SSSR count). The van der Waals surface area contributed by atoms with E-state index in [1.54, 1.807) is 0 Å². The maximum atomic E-state index is 11.9. The number of aromatic carboxylic acids is 1. The van der Waals surface area contributed by atoms with Crippen molar-refractivity contribution in [2.24, 2.45) is 0 Å². The van der Waals surface area contributed by atoms with Crippen molar-refractivity contribution >= 4 is 23.2 Å². The summed E-state index contributed by atoms with van der Waals surface area (Å²) in [5, 5.41) is 13.5. The highest BCUT2D eigenvalue weighted by molar-refractivity contribution is 7.09. The van der Waals surface area contributed by atoms with Crippen molar-refractivity contribution in [1.29, 1.82) is 0 Å².